The van der Waals surface area contributed by atoms with Gasteiger partial charge in [0.2, 0.25) is 0 Å². The van der Waals surface area contributed by atoms with Crippen LogP contribution >= 0.6 is 0 Å². The highest BCUT2D eigenvalue weighted by Crippen LogP contribution is 2.23. The van der Waals surface area contributed by atoms with E-state index in [9.17, 15) is 15.0 Å². The molecule has 1 aromatic rings. The Balaban J connectivity index is 3.00. The maximum atomic E-state index is 10.7. The first-order valence-corrected chi connectivity index (χ1v) is 5.04. The molecule has 0 aliphatic rings. The second-order valence-electron chi connectivity index (χ2n) is 3.75. The summed E-state index contributed by atoms with van der Waals surface area (Å²) in [4.78, 5) is 10.7. The number of aryl methyl sites for hydroxylation is 1. The Morgan fingerprint density at radius 1 is 1.47 bits per heavy atom. The van der Waals surface area contributed by atoms with E-state index in [4.69, 9.17) is 10.4 Å². The van der Waals surface area contributed by atoms with E-state index >= 15 is 0 Å². The van der Waals surface area contributed by atoms with Gasteiger partial charge in [0.1, 0.15) is 6.10 Å². The van der Waals surface area contributed by atoms with Crippen LogP contribution in [-0.4, -0.2) is 27.4 Å². The Hall–Kier alpha value is -1.90. The van der Waals surface area contributed by atoms with Crippen LogP contribution in [0.5, 0.6) is 0 Å². The molecule has 5 nitrogen and oxygen atoms in total. The predicted molar refractivity (Wildman–Crippen MR) is 59.3 cm³/mol. The van der Waals surface area contributed by atoms with Gasteiger partial charge in [0.15, 0.2) is 0 Å². The Morgan fingerprint density at radius 3 is 2.59 bits per heavy atom. The number of benzene rings is 1. The predicted octanol–water partition coefficient (Wildman–Crippen LogP) is 1.00. The van der Waals surface area contributed by atoms with Crippen molar-refractivity contribution in [1.82, 2.24) is 0 Å². The number of nitriles is 1. The zero-order valence-corrected chi connectivity index (χ0v) is 9.29. The molecule has 0 radical (unpaired) electrons. The van der Waals surface area contributed by atoms with Crippen molar-refractivity contribution in [2.45, 2.75) is 25.6 Å². The molecule has 2 atom stereocenters. The lowest BCUT2D eigenvalue weighted by Crippen LogP contribution is -2.18. The van der Waals surface area contributed by atoms with Crippen molar-refractivity contribution in [3.8, 4) is 6.07 Å². The highest BCUT2D eigenvalue weighted by atomic mass is 16.4. The molecule has 1 aromatic carbocycles. The number of carboxylic acid groups (broad SMARTS) is 1. The molecule has 0 aliphatic heterocycles. The highest BCUT2D eigenvalue weighted by molar-refractivity contribution is 5.87. The number of rotatable bonds is 4. The van der Waals surface area contributed by atoms with Gasteiger partial charge in [-0.05, 0) is 30.2 Å². The summed E-state index contributed by atoms with van der Waals surface area (Å²) >= 11 is 0. The minimum absolute atomic E-state index is 0.119. The van der Waals surface area contributed by atoms with E-state index in [2.05, 4.69) is 0 Å². The molecule has 5 heteroatoms. The summed E-state index contributed by atoms with van der Waals surface area (Å²) in [5, 5.41) is 36.5. The van der Waals surface area contributed by atoms with Gasteiger partial charge < -0.3 is 15.3 Å². The van der Waals surface area contributed by atoms with Crippen LogP contribution in [0.15, 0.2) is 18.2 Å². The smallest absolute Gasteiger partial charge is 0.335 e. The van der Waals surface area contributed by atoms with Gasteiger partial charge in [-0.15, -0.1) is 0 Å². The quantitative estimate of drug-likeness (QED) is 0.722. The van der Waals surface area contributed by atoms with Crippen molar-refractivity contribution in [1.29, 1.82) is 5.26 Å². The van der Waals surface area contributed by atoms with Crippen LogP contribution in [0.1, 0.15) is 34.0 Å². The fraction of sp³-hybridized carbons (Fsp3) is 0.333. The molecule has 0 bridgehead atoms. The zero-order chi connectivity index (χ0) is 13.0. The van der Waals surface area contributed by atoms with E-state index in [-0.39, 0.29) is 12.0 Å². The first-order chi connectivity index (χ1) is 7.97. The van der Waals surface area contributed by atoms with Crippen molar-refractivity contribution >= 4 is 5.97 Å². The Kier molecular flexibility index (Phi) is 4.21. The lowest BCUT2D eigenvalue weighted by molar-refractivity contribution is 0.0212. The molecule has 0 saturated carbocycles. The lowest BCUT2D eigenvalue weighted by atomic mass is 9.96. The second-order valence-corrected chi connectivity index (χ2v) is 3.75. The molecule has 90 valence electrons. The molecule has 0 saturated heterocycles. The van der Waals surface area contributed by atoms with Crippen LogP contribution < -0.4 is 0 Å². The van der Waals surface area contributed by atoms with Crippen molar-refractivity contribution < 1.29 is 20.1 Å². The standard InChI is InChI=1S/C12H13NO4/c1-7-6-8(12(16)17)2-3-9(7)11(15)10(14)4-5-13/h2-3,6,10-11,14-15H,4H2,1H3,(H,16,17). The van der Waals surface area contributed by atoms with Gasteiger partial charge in [0, 0.05) is 0 Å². The van der Waals surface area contributed by atoms with Gasteiger partial charge >= 0.3 is 5.97 Å². The average molecular weight is 235 g/mol. The molecule has 3 N–H and O–H groups in total. The summed E-state index contributed by atoms with van der Waals surface area (Å²) in [7, 11) is 0. The Bertz CT molecular complexity index is 464. The van der Waals surface area contributed by atoms with Crippen LogP contribution in [0.4, 0.5) is 0 Å². The first-order valence-electron chi connectivity index (χ1n) is 5.04. The highest BCUT2D eigenvalue weighted by Gasteiger charge is 2.20. The summed E-state index contributed by atoms with van der Waals surface area (Å²) in [6.45, 7) is 1.64. The summed E-state index contributed by atoms with van der Waals surface area (Å²) < 4.78 is 0. The SMILES string of the molecule is Cc1cc(C(=O)O)ccc1C(O)C(O)CC#N. The summed E-state index contributed by atoms with van der Waals surface area (Å²) in [5.41, 5.74) is 1.11. The van der Waals surface area contributed by atoms with Crippen molar-refractivity contribution in [3.05, 3.63) is 34.9 Å². The molecular weight excluding hydrogens is 222 g/mol. The van der Waals surface area contributed by atoms with E-state index < -0.39 is 18.2 Å². The Morgan fingerprint density at radius 2 is 2.12 bits per heavy atom. The van der Waals surface area contributed by atoms with E-state index in [1.165, 1.54) is 18.2 Å². The van der Waals surface area contributed by atoms with E-state index in [1.54, 1.807) is 13.0 Å². The normalized spacial score (nSPS) is 13.8. The third-order valence-corrected chi connectivity index (χ3v) is 2.50. The van der Waals surface area contributed by atoms with Crippen LogP contribution in [0.2, 0.25) is 0 Å². The molecule has 0 amide bonds. The summed E-state index contributed by atoms with van der Waals surface area (Å²) in [6.07, 6.45) is -2.53. The molecule has 0 heterocycles. The van der Waals surface area contributed by atoms with Crippen LogP contribution in [0, 0.1) is 18.3 Å². The van der Waals surface area contributed by atoms with Gasteiger partial charge in [-0.3, -0.25) is 0 Å². The second kappa shape index (κ2) is 5.43. The van der Waals surface area contributed by atoms with Crippen LogP contribution in [0.3, 0.4) is 0 Å². The minimum Gasteiger partial charge on any atom is -0.478 e. The van der Waals surface area contributed by atoms with Crippen LogP contribution in [0.25, 0.3) is 0 Å². The number of nitrogens with zero attached hydrogens (tertiary/aromatic N) is 1. The molecule has 1 rings (SSSR count). The molecule has 0 fully saturated rings. The van der Waals surface area contributed by atoms with Gasteiger partial charge in [0.25, 0.3) is 0 Å². The monoisotopic (exact) mass is 235 g/mol. The van der Waals surface area contributed by atoms with Crippen LogP contribution in [-0.2, 0) is 0 Å². The fourth-order valence-electron chi connectivity index (χ4n) is 1.55. The molecule has 0 aromatic heterocycles. The molecule has 0 spiro atoms. The van der Waals surface area contributed by atoms with Crippen molar-refractivity contribution in [2.24, 2.45) is 0 Å². The maximum Gasteiger partial charge on any atom is 0.335 e. The zero-order valence-electron chi connectivity index (χ0n) is 9.29. The molecule has 17 heavy (non-hydrogen) atoms. The summed E-state index contributed by atoms with van der Waals surface area (Å²) in [6, 6.07) is 5.98. The maximum absolute atomic E-state index is 10.7. The first kappa shape index (κ1) is 13.2. The number of aromatic carboxylic acids is 1. The van der Waals surface area contributed by atoms with E-state index in [1.807, 2.05) is 0 Å². The van der Waals surface area contributed by atoms with Gasteiger partial charge in [-0.1, -0.05) is 6.07 Å². The Labute approximate surface area is 98.6 Å². The third-order valence-electron chi connectivity index (χ3n) is 2.50. The number of hydrogen-bond donors (Lipinski definition) is 3. The summed E-state index contributed by atoms with van der Waals surface area (Å²) in [5.74, 6) is -1.05. The fourth-order valence-corrected chi connectivity index (χ4v) is 1.55. The molecule has 2 unspecified atom stereocenters. The average Bonchev–Trinajstić information content (AvgIpc) is 2.28. The molecular formula is C12H13NO4. The van der Waals surface area contributed by atoms with Crippen molar-refractivity contribution in [2.75, 3.05) is 0 Å². The lowest BCUT2D eigenvalue weighted by Gasteiger charge is -2.17. The topological polar surface area (TPSA) is 102 Å². The van der Waals surface area contributed by atoms with Gasteiger partial charge in [-0.2, -0.15) is 5.26 Å². The van der Waals surface area contributed by atoms with Gasteiger partial charge in [0.05, 0.1) is 24.2 Å². The number of carboxylic acids is 1. The minimum atomic E-state index is -1.18. The van der Waals surface area contributed by atoms with E-state index in [0.717, 1.165) is 0 Å². The third kappa shape index (κ3) is 3.03. The molecule has 0 aliphatic carbocycles. The van der Waals surface area contributed by atoms with E-state index in [0.29, 0.717) is 11.1 Å². The van der Waals surface area contributed by atoms with Gasteiger partial charge in [-0.25, -0.2) is 4.79 Å². The number of carbonyl (C=O) groups is 1. The number of aliphatic hydroxyl groups excluding tert-OH is 2. The number of hydrogen-bond acceptors (Lipinski definition) is 4. The van der Waals surface area contributed by atoms with Crippen molar-refractivity contribution in [3.63, 3.8) is 0 Å². The number of aliphatic hydroxyl groups is 2. The largest absolute Gasteiger partial charge is 0.478 e.